The molecule has 13 heteroatoms. The second-order valence-corrected chi connectivity index (χ2v) is 15.9. The smallest absolute Gasteiger partial charge is 0.462 e. The highest BCUT2D eigenvalue weighted by Crippen LogP contribution is 2.43. The summed E-state index contributed by atoms with van der Waals surface area (Å²) < 4.78 is 32.4. The molecule has 0 aromatic heterocycles. The number of allylic oxidation sites excluding steroid dienone is 5. The summed E-state index contributed by atoms with van der Waals surface area (Å²) in [7, 11) is -4.68. The number of aliphatic hydroxyl groups is 4. The molecule has 3 unspecified atom stereocenters. The predicted octanol–water partition coefficient (Wildman–Crippen LogP) is 8.19. The first-order chi connectivity index (χ1) is 25.9. The Morgan fingerprint density at radius 1 is 0.648 bits per heavy atom. The minimum atomic E-state index is -4.68. The van der Waals surface area contributed by atoms with Crippen molar-refractivity contribution < 1.29 is 58.0 Å². The van der Waals surface area contributed by atoms with Crippen molar-refractivity contribution in [3.63, 3.8) is 0 Å². The summed E-state index contributed by atoms with van der Waals surface area (Å²) in [6.07, 6.45) is 25.9. The molecule has 0 amide bonds. The highest BCUT2D eigenvalue weighted by molar-refractivity contribution is 7.47. The van der Waals surface area contributed by atoms with Crippen LogP contribution in [0.15, 0.2) is 36.5 Å². The van der Waals surface area contributed by atoms with Crippen LogP contribution < -0.4 is 0 Å². The number of hydrogen-bond acceptors (Lipinski definition) is 11. The monoisotopic (exact) mass is 790 g/mol. The molecule has 12 nitrogen and oxygen atoms in total. The van der Waals surface area contributed by atoms with Crippen molar-refractivity contribution in [2.75, 3.05) is 26.4 Å². The number of aliphatic hydroxyl groups excluding tert-OH is 4. The van der Waals surface area contributed by atoms with Crippen molar-refractivity contribution in [2.24, 2.45) is 5.92 Å². The average Bonchev–Trinajstić information content (AvgIpc) is 3.14. The van der Waals surface area contributed by atoms with E-state index in [1.165, 1.54) is 57.8 Å². The van der Waals surface area contributed by atoms with E-state index in [4.69, 9.17) is 19.1 Å². The molecule has 0 saturated carbocycles. The lowest BCUT2D eigenvalue weighted by Gasteiger charge is -2.20. The lowest BCUT2D eigenvalue weighted by molar-refractivity contribution is -0.161. The molecule has 5 atom stereocenters. The molecule has 0 aromatic carbocycles. The van der Waals surface area contributed by atoms with Gasteiger partial charge in [-0.1, -0.05) is 128 Å². The summed E-state index contributed by atoms with van der Waals surface area (Å²) in [5, 5.41) is 38.9. The number of ether oxygens (including phenoxy) is 2. The Morgan fingerprint density at radius 2 is 1.22 bits per heavy atom. The van der Waals surface area contributed by atoms with Crippen molar-refractivity contribution in [3.8, 4) is 0 Å². The van der Waals surface area contributed by atoms with E-state index in [1.54, 1.807) is 0 Å². The number of esters is 2. The number of unbranched alkanes of at least 4 members (excludes halogenated alkanes) is 11. The fourth-order valence-corrected chi connectivity index (χ4v) is 6.13. The molecular formula is C41H75O12P. The van der Waals surface area contributed by atoms with E-state index in [2.05, 4.69) is 49.6 Å². The highest BCUT2D eigenvalue weighted by atomic mass is 31.2. The van der Waals surface area contributed by atoms with Crippen molar-refractivity contribution in [1.82, 2.24) is 0 Å². The SMILES string of the molecule is CCCCC/C=C\C/C=C\C/C=C\CC(O)C(O)CCCC(=O)OC[C@H](COP(=O)(O)OC[C@@H](O)CO)OC(=O)CCCCCCCCCCCC(C)C. The minimum absolute atomic E-state index is 0.0718. The van der Waals surface area contributed by atoms with Gasteiger partial charge in [0.25, 0.3) is 0 Å². The predicted molar refractivity (Wildman–Crippen MR) is 213 cm³/mol. The second kappa shape index (κ2) is 35.5. The molecule has 0 aromatic rings. The van der Waals surface area contributed by atoms with Gasteiger partial charge in [-0.25, -0.2) is 4.57 Å². The van der Waals surface area contributed by atoms with Gasteiger partial charge in [0.1, 0.15) is 12.7 Å². The molecule has 0 radical (unpaired) electrons. The van der Waals surface area contributed by atoms with E-state index in [0.717, 1.165) is 44.4 Å². The van der Waals surface area contributed by atoms with Gasteiger partial charge in [-0.3, -0.25) is 18.6 Å². The minimum Gasteiger partial charge on any atom is -0.462 e. The molecule has 0 aliphatic heterocycles. The molecule has 0 saturated heterocycles. The summed E-state index contributed by atoms with van der Waals surface area (Å²) in [4.78, 5) is 34.9. The fraction of sp³-hybridized carbons (Fsp3) is 0.805. The molecule has 0 spiro atoms. The largest absolute Gasteiger partial charge is 0.472 e. The zero-order valence-electron chi connectivity index (χ0n) is 33.6. The first kappa shape index (κ1) is 52.1. The van der Waals surface area contributed by atoms with Gasteiger partial charge in [0, 0.05) is 12.8 Å². The molecule has 5 N–H and O–H groups in total. The molecule has 0 aliphatic carbocycles. The summed E-state index contributed by atoms with van der Waals surface area (Å²) >= 11 is 0. The summed E-state index contributed by atoms with van der Waals surface area (Å²) in [5.41, 5.74) is 0. The van der Waals surface area contributed by atoms with Gasteiger partial charge in [-0.2, -0.15) is 0 Å². The molecule has 0 aliphatic rings. The average molecular weight is 791 g/mol. The first-order valence-corrected chi connectivity index (χ1v) is 22.0. The van der Waals surface area contributed by atoms with Crippen LogP contribution in [0.4, 0.5) is 0 Å². The Morgan fingerprint density at radius 3 is 1.85 bits per heavy atom. The number of phosphoric ester groups is 1. The van der Waals surface area contributed by atoms with Gasteiger partial charge >= 0.3 is 19.8 Å². The van der Waals surface area contributed by atoms with E-state index in [9.17, 15) is 34.4 Å². The first-order valence-electron chi connectivity index (χ1n) is 20.5. The van der Waals surface area contributed by atoms with Gasteiger partial charge in [0.2, 0.25) is 0 Å². The Balaban J connectivity index is 4.58. The lowest BCUT2D eigenvalue weighted by atomic mass is 10.0. The molecule has 54 heavy (non-hydrogen) atoms. The van der Waals surface area contributed by atoms with E-state index in [1.807, 2.05) is 12.2 Å². The van der Waals surface area contributed by atoms with Crippen LogP contribution >= 0.6 is 7.82 Å². The Labute approximate surface area is 326 Å². The van der Waals surface area contributed by atoms with Crippen LogP contribution in [0.2, 0.25) is 0 Å². The third kappa shape index (κ3) is 34.6. The van der Waals surface area contributed by atoms with Crippen LogP contribution in [-0.2, 0) is 32.7 Å². The molecule has 0 heterocycles. The number of carbonyl (C=O) groups excluding carboxylic acids is 2. The third-order valence-electron chi connectivity index (χ3n) is 8.68. The van der Waals surface area contributed by atoms with Gasteiger partial charge < -0.3 is 34.8 Å². The Bertz CT molecular complexity index is 1050. The van der Waals surface area contributed by atoms with Crippen LogP contribution in [0.5, 0.6) is 0 Å². The van der Waals surface area contributed by atoms with Gasteiger partial charge in [-0.05, 0) is 57.3 Å². The quantitative estimate of drug-likeness (QED) is 0.0176. The van der Waals surface area contributed by atoms with Crippen molar-refractivity contribution in [2.45, 2.75) is 180 Å². The fourth-order valence-electron chi connectivity index (χ4n) is 5.34. The van der Waals surface area contributed by atoms with E-state index < -0.39 is 70.6 Å². The molecule has 0 rings (SSSR count). The van der Waals surface area contributed by atoms with Gasteiger partial charge in [0.05, 0.1) is 32.0 Å². The van der Waals surface area contributed by atoms with E-state index in [0.29, 0.717) is 6.42 Å². The normalized spacial score (nSPS) is 15.6. The van der Waals surface area contributed by atoms with Crippen molar-refractivity contribution >= 4 is 19.8 Å². The van der Waals surface area contributed by atoms with Crippen molar-refractivity contribution in [1.29, 1.82) is 0 Å². The number of phosphoric acid groups is 1. The maximum absolute atomic E-state index is 12.6. The van der Waals surface area contributed by atoms with Crippen LogP contribution in [0.3, 0.4) is 0 Å². The summed E-state index contributed by atoms with van der Waals surface area (Å²) in [6.45, 7) is 4.28. The number of hydrogen-bond donors (Lipinski definition) is 5. The second-order valence-electron chi connectivity index (χ2n) is 14.4. The lowest BCUT2D eigenvalue weighted by Crippen LogP contribution is -2.30. The molecule has 0 fully saturated rings. The standard InChI is InChI=1S/C41H75O12P/c1-4-5-6-7-8-9-10-11-14-17-20-23-27-38(44)39(45)28-25-30-40(46)50-33-37(34-52-54(48,49)51-32-36(43)31-42)53-41(47)29-24-21-18-15-12-13-16-19-22-26-35(2)3/h8-9,11,14,20,23,35-39,42-45H,4-7,10,12-13,15-19,21-22,24-34H2,1-3H3,(H,48,49)/b9-8-,14-11-,23-20-/t36-,37+,38?,39?/m0/s1. The number of rotatable bonds is 37. The van der Waals surface area contributed by atoms with E-state index in [-0.39, 0.29) is 32.1 Å². The zero-order chi connectivity index (χ0) is 40.3. The molecule has 0 bridgehead atoms. The molecular weight excluding hydrogens is 715 g/mol. The van der Waals surface area contributed by atoms with Gasteiger partial charge in [-0.15, -0.1) is 0 Å². The molecule has 316 valence electrons. The summed E-state index contributed by atoms with van der Waals surface area (Å²) in [6, 6.07) is 0. The Kier molecular flexibility index (Phi) is 34.3. The third-order valence-corrected chi connectivity index (χ3v) is 9.63. The highest BCUT2D eigenvalue weighted by Gasteiger charge is 2.27. The summed E-state index contributed by atoms with van der Waals surface area (Å²) in [5.74, 6) is -0.458. The zero-order valence-corrected chi connectivity index (χ0v) is 34.5. The van der Waals surface area contributed by atoms with Crippen LogP contribution in [0, 0.1) is 5.92 Å². The van der Waals surface area contributed by atoms with Crippen molar-refractivity contribution in [3.05, 3.63) is 36.5 Å². The van der Waals surface area contributed by atoms with Crippen LogP contribution in [0.25, 0.3) is 0 Å². The maximum atomic E-state index is 12.6. The van der Waals surface area contributed by atoms with Gasteiger partial charge in [0.15, 0.2) is 6.10 Å². The topological polar surface area (TPSA) is 189 Å². The van der Waals surface area contributed by atoms with Crippen LogP contribution in [-0.4, -0.2) is 88.1 Å². The van der Waals surface area contributed by atoms with E-state index >= 15 is 0 Å². The van der Waals surface area contributed by atoms with Crippen LogP contribution in [0.1, 0.15) is 156 Å². The maximum Gasteiger partial charge on any atom is 0.472 e. The number of carbonyl (C=O) groups is 2. The Hall–Kier alpha value is -1.89.